The molecule has 0 spiro atoms. The van der Waals surface area contributed by atoms with Gasteiger partial charge in [0.1, 0.15) is 0 Å². The summed E-state index contributed by atoms with van der Waals surface area (Å²) in [7, 11) is 0. The van der Waals surface area contributed by atoms with Crippen LogP contribution >= 0.6 is 12.4 Å². The zero-order valence-corrected chi connectivity index (χ0v) is 19.2. The van der Waals surface area contributed by atoms with E-state index in [1.165, 1.54) is 0 Å². The van der Waals surface area contributed by atoms with Crippen molar-refractivity contribution in [3.05, 3.63) is 53.2 Å². The average Bonchev–Trinajstić information content (AvgIpc) is 2.79. The summed E-state index contributed by atoms with van der Waals surface area (Å²) in [4.78, 5) is 18.0. The van der Waals surface area contributed by atoms with Crippen molar-refractivity contribution in [2.45, 2.75) is 50.7 Å². The van der Waals surface area contributed by atoms with Gasteiger partial charge in [-0.2, -0.15) is 0 Å². The zero-order chi connectivity index (χ0) is 21.8. The molecule has 7 nitrogen and oxygen atoms in total. The normalized spacial score (nSPS) is 18.8. The molecule has 3 N–H and O–H groups in total. The van der Waals surface area contributed by atoms with E-state index in [0.717, 1.165) is 28.8 Å². The number of rotatable bonds is 7. The molecule has 174 valence electrons. The summed E-state index contributed by atoms with van der Waals surface area (Å²) >= 11 is 0. The first-order valence-corrected chi connectivity index (χ1v) is 11.1. The minimum absolute atomic E-state index is 0. The molecule has 1 amide bonds. The highest BCUT2D eigenvalue weighted by Crippen LogP contribution is 2.34. The number of β-amino-alcohol motifs (C(OH)–C–C–N with tert-alkyl or cyclic N) is 1. The van der Waals surface area contributed by atoms with Gasteiger partial charge in [0, 0.05) is 49.6 Å². The van der Waals surface area contributed by atoms with E-state index in [0.29, 0.717) is 57.8 Å². The van der Waals surface area contributed by atoms with Crippen molar-refractivity contribution in [1.29, 1.82) is 0 Å². The van der Waals surface area contributed by atoms with Crippen LogP contribution < -0.4 is 10.1 Å². The van der Waals surface area contributed by atoms with E-state index in [9.17, 15) is 15.0 Å². The highest BCUT2D eigenvalue weighted by atomic mass is 35.5. The maximum atomic E-state index is 11.5. The van der Waals surface area contributed by atoms with E-state index < -0.39 is 11.7 Å². The molecular weight excluding hydrogens is 430 g/mol. The van der Waals surface area contributed by atoms with E-state index in [2.05, 4.69) is 15.2 Å². The Morgan fingerprint density at radius 3 is 2.69 bits per heavy atom. The maximum Gasteiger partial charge on any atom is 0.224 e. The van der Waals surface area contributed by atoms with E-state index in [-0.39, 0.29) is 18.3 Å². The quantitative estimate of drug-likeness (QED) is 0.586. The fourth-order valence-electron chi connectivity index (χ4n) is 4.30. The number of carbonyl (C=O) groups excluding carboxylic acids is 1. The number of pyridine rings is 1. The van der Waals surface area contributed by atoms with E-state index in [1.54, 1.807) is 6.20 Å². The number of hydrogen-bond acceptors (Lipinski definition) is 6. The Balaban J connectivity index is 0.00000289. The Labute approximate surface area is 195 Å². The van der Waals surface area contributed by atoms with Crippen LogP contribution in [0, 0.1) is 0 Å². The monoisotopic (exact) mass is 461 g/mol. The number of halogens is 1. The molecule has 0 radical (unpaired) electrons. The average molecular weight is 462 g/mol. The Morgan fingerprint density at radius 2 is 2.00 bits per heavy atom. The maximum absolute atomic E-state index is 11.5. The van der Waals surface area contributed by atoms with Crippen LogP contribution in [-0.4, -0.2) is 52.2 Å². The molecule has 0 saturated carbocycles. The van der Waals surface area contributed by atoms with Gasteiger partial charge in [-0.1, -0.05) is 19.1 Å². The predicted molar refractivity (Wildman–Crippen MR) is 125 cm³/mol. The lowest BCUT2D eigenvalue weighted by molar-refractivity contribution is -0.116. The first kappa shape index (κ1) is 24.5. The number of nitrogens with one attached hydrogen (secondary N) is 1. The van der Waals surface area contributed by atoms with Gasteiger partial charge in [0.25, 0.3) is 0 Å². The Hall–Kier alpha value is -2.19. The van der Waals surface area contributed by atoms with Crippen molar-refractivity contribution in [3.8, 4) is 5.88 Å². The summed E-state index contributed by atoms with van der Waals surface area (Å²) in [5.74, 6) is 0.624. The molecule has 1 fully saturated rings. The highest BCUT2D eigenvalue weighted by molar-refractivity contribution is 5.93. The number of hydrogen-bond donors (Lipinski definition) is 3. The number of carbonyl (C=O) groups is 1. The van der Waals surface area contributed by atoms with E-state index in [4.69, 9.17) is 4.74 Å². The summed E-state index contributed by atoms with van der Waals surface area (Å²) in [5, 5.41) is 24.8. The molecule has 3 heterocycles. The standard InChI is InChI=1S/C24H31N3O4.ClH/c1-2-13-31-23-8-5-19(15-25-23)24(30)9-11-27(12-10-24)16-21(28)18-3-6-20-17(14-18)4-7-22(29)26-20;/h3,5-6,8,14-15,21,28,30H,2,4,7,9-13,16H2,1H3,(H,26,29);1H. The van der Waals surface area contributed by atoms with Crippen LogP contribution in [0.1, 0.15) is 55.4 Å². The smallest absolute Gasteiger partial charge is 0.224 e. The number of likely N-dealkylation sites (tertiary alicyclic amines) is 1. The summed E-state index contributed by atoms with van der Waals surface area (Å²) in [6, 6.07) is 9.46. The molecule has 2 aliphatic heterocycles. The number of aryl methyl sites for hydroxylation is 1. The van der Waals surface area contributed by atoms with Gasteiger partial charge < -0.3 is 25.2 Å². The number of aliphatic hydroxyl groups excluding tert-OH is 1. The largest absolute Gasteiger partial charge is 0.478 e. The lowest BCUT2D eigenvalue weighted by atomic mass is 9.85. The highest BCUT2D eigenvalue weighted by Gasteiger charge is 2.35. The second-order valence-electron chi connectivity index (χ2n) is 8.55. The van der Waals surface area contributed by atoms with E-state index >= 15 is 0 Å². The Bertz CT molecular complexity index is 914. The first-order valence-electron chi connectivity index (χ1n) is 11.1. The summed E-state index contributed by atoms with van der Waals surface area (Å²) in [6.45, 7) is 4.59. The fraction of sp³-hybridized carbons (Fsp3) is 0.500. The molecule has 0 aliphatic carbocycles. The Morgan fingerprint density at radius 1 is 1.22 bits per heavy atom. The number of amides is 1. The van der Waals surface area contributed by atoms with Crippen LogP contribution in [0.3, 0.4) is 0 Å². The van der Waals surface area contributed by atoms with Crippen LogP contribution in [0.15, 0.2) is 36.5 Å². The summed E-state index contributed by atoms with van der Waals surface area (Å²) < 4.78 is 5.52. The fourth-order valence-corrected chi connectivity index (χ4v) is 4.30. The number of piperidine rings is 1. The second kappa shape index (κ2) is 10.6. The lowest BCUT2D eigenvalue weighted by Gasteiger charge is -2.39. The Kier molecular flexibility index (Phi) is 8.11. The molecular formula is C24H32ClN3O4. The van der Waals surface area contributed by atoms with Crippen molar-refractivity contribution in [2.75, 3.05) is 31.6 Å². The van der Waals surface area contributed by atoms with Gasteiger partial charge in [0.05, 0.1) is 18.3 Å². The van der Waals surface area contributed by atoms with Crippen molar-refractivity contribution < 1.29 is 19.7 Å². The second-order valence-corrected chi connectivity index (χ2v) is 8.55. The van der Waals surface area contributed by atoms with Crippen LogP contribution in [0.5, 0.6) is 5.88 Å². The lowest BCUT2D eigenvalue weighted by Crippen LogP contribution is -2.44. The van der Waals surface area contributed by atoms with Gasteiger partial charge in [0.15, 0.2) is 0 Å². The van der Waals surface area contributed by atoms with Gasteiger partial charge in [-0.3, -0.25) is 4.79 Å². The van der Waals surface area contributed by atoms with Crippen LogP contribution in [-0.2, 0) is 16.8 Å². The SMILES string of the molecule is CCCOc1ccc(C2(O)CCN(CC(O)c3ccc4c(c3)CCC(=O)N4)CC2)cn1.Cl. The molecule has 1 aromatic carbocycles. The minimum Gasteiger partial charge on any atom is -0.478 e. The van der Waals surface area contributed by atoms with Crippen molar-refractivity contribution in [2.24, 2.45) is 0 Å². The molecule has 2 aliphatic rings. The van der Waals surface area contributed by atoms with Crippen molar-refractivity contribution in [1.82, 2.24) is 9.88 Å². The molecule has 4 rings (SSSR count). The first-order chi connectivity index (χ1) is 15.0. The van der Waals surface area contributed by atoms with Gasteiger partial charge in [-0.15, -0.1) is 12.4 Å². The molecule has 8 heteroatoms. The predicted octanol–water partition coefficient (Wildman–Crippen LogP) is 3.19. The molecule has 1 saturated heterocycles. The molecule has 1 atom stereocenters. The number of fused-ring (bicyclic) bond motifs is 1. The third-order valence-electron chi connectivity index (χ3n) is 6.25. The number of ether oxygens (including phenoxy) is 1. The van der Waals surface area contributed by atoms with Gasteiger partial charge in [0.2, 0.25) is 11.8 Å². The molecule has 0 bridgehead atoms. The molecule has 1 unspecified atom stereocenters. The van der Waals surface area contributed by atoms with E-state index in [1.807, 2.05) is 37.3 Å². The number of aromatic nitrogens is 1. The number of nitrogens with zero attached hydrogens (tertiary/aromatic N) is 2. The minimum atomic E-state index is -0.901. The van der Waals surface area contributed by atoms with Crippen LogP contribution in [0.2, 0.25) is 0 Å². The molecule has 2 aromatic rings. The topological polar surface area (TPSA) is 94.9 Å². The van der Waals surface area contributed by atoms with Crippen LogP contribution in [0.25, 0.3) is 0 Å². The summed E-state index contributed by atoms with van der Waals surface area (Å²) in [5.41, 5.74) is 2.69. The van der Waals surface area contributed by atoms with Gasteiger partial charge in [-0.25, -0.2) is 4.98 Å². The zero-order valence-electron chi connectivity index (χ0n) is 18.4. The van der Waals surface area contributed by atoms with Crippen molar-refractivity contribution in [3.63, 3.8) is 0 Å². The molecule has 1 aromatic heterocycles. The third kappa shape index (κ3) is 5.59. The van der Waals surface area contributed by atoms with Crippen LogP contribution in [0.4, 0.5) is 5.69 Å². The van der Waals surface area contributed by atoms with Gasteiger partial charge >= 0.3 is 0 Å². The van der Waals surface area contributed by atoms with Gasteiger partial charge in [-0.05, 0) is 48.9 Å². The number of anilines is 1. The number of benzene rings is 1. The summed E-state index contributed by atoms with van der Waals surface area (Å²) in [6.07, 6.45) is 4.40. The number of aliphatic hydroxyl groups is 2. The van der Waals surface area contributed by atoms with Crippen molar-refractivity contribution >= 4 is 24.0 Å². The third-order valence-corrected chi connectivity index (χ3v) is 6.25. The molecule has 32 heavy (non-hydrogen) atoms.